The molecule has 1 heterocycles. The molecule has 4 nitrogen and oxygen atoms in total. The molecular weight excluding hydrogens is 291 g/mol. The maximum absolute atomic E-state index is 13.1. The van der Waals surface area contributed by atoms with Crippen molar-refractivity contribution in [2.75, 3.05) is 13.1 Å². The summed E-state index contributed by atoms with van der Waals surface area (Å²) in [4.78, 5) is 0.176. The number of sulfonamides is 1. The molecule has 1 unspecified atom stereocenters. The fraction of sp³-hybridized carbons (Fsp3) is 0.600. The van der Waals surface area contributed by atoms with Gasteiger partial charge in [-0.25, -0.2) is 17.5 Å². The van der Waals surface area contributed by atoms with Crippen LogP contribution < -0.4 is 10.0 Å². The van der Waals surface area contributed by atoms with Crippen LogP contribution >= 0.6 is 0 Å². The summed E-state index contributed by atoms with van der Waals surface area (Å²) in [6, 6.07) is 3.78. The second-order valence-corrected chi connectivity index (χ2v) is 7.90. The molecule has 1 saturated heterocycles. The van der Waals surface area contributed by atoms with Crippen molar-refractivity contribution in [1.29, 1.82) is 0 Å². The van der Waals surface area contributed by atoms with E-state index in [0.717, 1.165) is 32.4 Å². The molecule has 0 bridgehead atoms. The van der Waals surface area contributed by atoms with Crippen LogP contribution in [-0.4, -0.2) is 27.5 Å². The molecule has 1 saturated carbocycles. The van der Waals surface area contributed by atoms with Gasteiger partial charge >= 0.3 is 0 Å². The quantitative estimate of drug-likeness (QED) is 0.895. The smallest absolute Gasteiger partial charge is 0.241 e. The van der Waals surface area contributed by atoms with Crippen molar-refractivity contribution in [2.45, 2.75) is 37.1 Å². The Labute approximate surface area is 125 Å². The highest BCUT2D eigenvalue weighted by atomic mass is 32.2. The van der Waals surface area contributed by atoms with Gasteiger partial charge < -0.3 is 5.32 Å². The Kier molecular flexibility index (Phi) is 4.03. The summed E-state index contributed by atoms with van der Waals surface area (Å²) in [7, 11) is -3.57. The van der Waals surface area contributed by atoms with E-state index in [1.807, 2.05) is 0 Å². The number of nitrogens with one attached hydrogen (secondary N) is 2. The van der Waals surface area contributed by atoms with Gasteiger partial charge in [0.25, 0.3) is 0 Å². The number of rotatable bonds is 3. The zero-order valence-electron chi connectivity index (χ0n) is 12.1. The van der Waals surface area contributed by atoms with Gasteiger partial charge in [0, 0.05) is 6.04 Å². The van der Waals surface area contributed by atoms with Gasteiger partial charge in [-0.2, -0.15) is 0 Å². The van der Waals surface area contributed by atoms with Gasteiger partial charge in [-0.05, 0) is 74.9 Å². The summed E-state index contributed by atoms with van der Waals surface area (Å²) < 4.78 is 40.9. The molecule has 0 radical (unpaired) electrons. The molecule has 3 atom stereocenters. The predicted molar refractivity (Wildman–Crippen MR) is 78.9 cm³/mol. The zero-order chi connectivity index (χ0) is 15.0. The Morgan fingerprint density at radius 3 is 2.76 bits per heavy atom. The van der Waals surface area contributed by atoms with Gasteiger partial charge in [-0.1, -0.05) is 0 Å². The van der Waals surface area contributed by atoms with Crippen LogP contribution in [0.1, 0.15) is 24.8 Å². The first kappa shape index (κ1) is 14.9. The lowest BCUT2D eigenvalue weighted by atomic mass is 9.79. The third-order valence-electron chi connectivity index (χ3n) is 4.70. The van der Waals surface area contributed by atoms with Crippen molar-refractivity contribution in [3.8, 4) is 0 Å². The van der Waals surface area contributed by atoms with Crippen molar-refractivity contribution in [3.63, 3.8) is 0 Å². The Hall–Kier alpha value is -0.980. The maximum atomic E-state index is 13.1. The van der Waals surface area contributed by atoms with Gasteiger partial charge in [-0.3, -0.25) is 0 Å². The van der Waals surface area contributed by atoms with Crippen LogP contribution in [-0.2, 0) is 10.0 Å². The lowest BCUT2D eigenvalue weighted by Crippen LogP contribution is -2.40. The normalized spacial score (nSPS) is 29.3. The Bertz CT molecular complexity index is 633. The van der Waals surface area contributed by atoms with E-state index >= 15 is 0 Å². The zero-order valence-corrected chi connectivity index (χ0v) is 12.9. The second kappa shape index (κ2) is 5.66. The first-order valence-electron chi connectivity index (χ1n) is 7.45. The van der Waals surface area contributed by atoms with E-state index in [9.17, 15) is 12.8 Å². The molecule has 0 amide bonds. The van der Waals surface area contributed by atoms with E-state index in [1.165, 1.54) is 18.2 Å². The standard InChI is InChI=1S/C15H21FN2O2S/c1-10-6-13(16)3-5-15(10)21(19,20)18-14-4-2-11-8-17-9-12(11)7-14/h3,5-6,11-12,14,17-18H,2,4,7-9H2,1H3/t11-,12+,14?/m0/s1. The molecule has 0 spiro atoms. The topological polar surface area (TPSA) is 58.2 Å². The van der Waals surface area contributed by atoms with Crippen molar-refractivity contribution < 1.29 is 12.8 Å². The van der Waals surface area contributed by atoms with Crippen LogP contribution in [0.25, 0.3) is 0 Å². The van der Waals surface area contributed by atoms with E-state index < -0.39 is 15.8 Å². The lowest BCUT2D eigenvalue weighted by molar-refractivity contribution is 0.260. The molecule has 1 aromatic carbocycles. The van der Waals surface area contributed by atoms with Crippen LogP contribution in [0.15, 0.2) is 23.1 Å². The molecule has 1 aliphatic heterocycles. The van der Waals surface area contributed by atoms with E-state index in [4.69, 9.17) is 0 Å². The predicted octanol–water partition coefficient (Wildman–Crippen LogP) is 1.80. The van der Waals surface area contributed by atoms with Crippen molar-refractivity contribution in [3.05, 3.63) is 29.6 Å². The van der Waals surface area contributed by atoms with Crippen LogP contribution in [0.5, 0.6) is 0 Å². The first-order valence-corrected chi connectivity index (χ1v) is 8.93. The molecule has 2 N–H and O–H groups in total. The minimum Gasteiger partial charge on any atom is -0.316 e. The van der Waals surface area contributed by atoms with Gasteiger partial charge in [-0.15, -0.1) is 0 Å². The second-order valence-electron chi connectivity index (χ2n) is 6.22. The van der Waals surface area contributed by atoms with Gasteiger partial charge in [0.15, 0.2) is 0 Å². The average Bonchev–Trinajstić information content (AvgIpc) is 2.85. The molecule has 116 valence electrons. The van der Waals surface area contributed by atoms with Crippen LogP contribution in [0.4, 0.5) is 4.39 Å². The van der Waals surface area contributed by atoms with Gasteiger partial charge in [0.05, 0.1) is 4.90 Å². The number of hydrogen-bond donors (Lipinski definition) is 2. The van der Waals surface area contributed by atoms with Crippen molar-refractivity contribution >= 4 is 10.0 Å². The number of fused-ring (bicyclic) bond motifs is 1. The highest BCUT2D eigenvalue weighted by molar-refractivity contribution is 7.89. The van der Waals surface area contributed by atoms with Crippen molar-refractivity contribution in [2.24, 2.45) is 11.8 Å². The number of aryl methyl sites for hydroxylation is 1. The van der Waals surface area contributed by atoms with Crippen LogP contribution in [0.2, 0.25) is 0 Å². The molecule has 2 fully saturated rings. The fourth-order valence-corrected chi connectivity index (χ4v) is 5.11. The largest absolute Gasteiger partial charge is 0.316 e. The maximum Gasteiger partial charge on any atom is 0.241 e. The third kappa shape index (κ3) is 3.12. The molecule has 3 rings (SSSR count). The summed E-state index contributed by atoms with van der Waals surface area (Å²) in [5.41, 5.74) is 0.443. The number of hydrogen-bond acceptors (Lipinski definition) is 3. The van der Waals surface area contributed by atoms with Crippen molar-refractivity contribution in [1.82, 2.24) is 10.0 Å². The average molecular weight is 312 g/mol. The number of halogens is 1. The summed E-state index contributed by atoms with van der Waals surface area (Å²) >= 11 is 0. The molecule has 1 aromatic rings. The van der Waals surface area contributed by atoms with E-state index in [-0.39, 0.29) is 10.9 Å². The van der Waals surface area contributed by atoms with E-state index in [0.29, 0.717) is 17.4 Å². The minimum atomic E-state index is -3.57. The first-order chi connectivity index (χ1) is 9.95. The molecule has 0 aromatic heterocycles. The van der Waals surface area contributed by atoms with Gasteiger partial charge in [0.2, 0.25) is 10.0 Å². The highest BCUT2D eigenvalue weighted by Crippen LogP contribution is 2.33. The Morgan fingerprint density at radius 1 is 1.24 bits per heavy atom. The summed E-state index contributed by atoms with van der Waals surface area (Å²) in [6.07, 6.45) is 2.83. The molecule has 2 aliphatic rings. The monoisotopic (exact) mass is 312 g/mol. The van der Waals surface area contributed by atoms with Gasteiger partial charge in [0.1, 0.15) is 5.82 Å². The Morgan fingerprint density at radius 2 is 2.00 bits per heavy atom. The SMILES string of the molecule is Cc1cc(F)ccc1S(=O)(=O)NC1CC[C@H]2CNC[C@H]2C1. The number of benzene rings is 1. The fourth-order valence-electron chi connectivity index (χ4n) is 3.60. The Balaban J connectivity index is 1.74. The summed E-state index contributed by atoms with van der Waals surface area (Å²) in [6.45, 7) is 3.66. The van der Waals surface area contributed by atoms with E-state index in [2.05, 4.69) is 10.0 Å². The summed E-state index contributed by atoms with van der Waals surface area (Å²) in [5.74, 6) is 0.850. The van der Waals surface area contributed by atoms with Crippen LogP contribution in [0, 0.1) is 24.6 Å². The van der Waals surface area contributed by atoms with Crippen LogP contribution in [0.3, 0.4) is 0 Å². The molecule has 21 heavy (non-hydrogen) atoms. The molecular formula is C15H21FN2O2S. The van der Waals surface area contributed by atoms with E-state index in [1.54, 1.807) is 6.92 Å². The highest BCUT2D eigenvalue weighted by Gasteiger charge is 2.35. The summed E-state index contributed by atoms with van der Waals surface area (Å²) in [5, 5.41) is 3.38. The molecule has 6 heteroatoms. The molecule has 1 aliphatic carbocycles. The lowest BCUT2D eigenvalue weighted by Gasteiger charge is -2.31. The third-order valence-corrected chi connectivity index (χ3v) is 6.38. The minimum absolute atomic E-state index is 0.0133.